The molecule has 2 atom stereocenters. The maximum atomic E-state index is 12.7. The van der Waals surface area contributed by atoms with Crippen molar-refractivity contribution in [1.82, 2.24) is 0 Å². The summed E-state index contributed by atoms with van der Waals surface area (Å²) in [7, 11) is 1.12. The third-order valence-electron chi connectivity index (χ3n) is 9.15. The van der Waals surface area contributed by atoms with E-state index in [1.54, 1.807) is 0 Å². The van der Waals surface area contributed by atoms with E-state index < -0.39 is 32.5 Å². The van der Waals surface area contributed by atoms with Crippen LogP contribution in [-0.4, -0.2) is 70.0 Å². The molecule has 0 aromatic carbocycles. The lowest BCUT2D eigenvalue weighted by Crippen LogP contribution is -2.37. The predicted molar refractivity (Wildman–Crippen MR) is 245 cm³/mol. The topological polar surface area (TPSA) is 111 Å². The number of unbranched alkanes of at least 4 members (excludes halogenated alkanes) is 12. The van der Waals surface area contributed by atoms with E-state index in [4.69, 9.17) is 18.5 Å². The maximum absolute atomic E-state index is 12.7. The number of ether oxygens (including phenoxy) is 2. The molecule has 9 nitrogen and oxygen atoms in total. The van der Waals surface area contributed by atoms with Gasteiger partial charge in [-0.25, -0.2) is 0 Å². The molecule has 0 saturated heterocycles. The number of esters is 2. The second kappa shape index (κ2) is 40.6. The van der Waals surface area contributed by atoms with Gasteiger partial charge in [-0.3, -0.25) is 14.2 Å². The fourth-order valence-corrected chi connectivity index (χ4v) is 6.32. The minimum Gasteiger partial charge on any atom is -0.756 e. The molecule has 2 unspecified atom stereocenters. The molecular weight excluding hydrogens is 762 g/mol. The molecule has 0 aromatic heterocycles. The van der Waals surface area contributed by atoms with Crippen LogP contribution in [0.1, 0.15) is 162 Å². The van der Waals surface area contributed by atoms with Crippen LogP contribution in [0.3, 0.4) is 0 Å². The molecule has 0 fully saturated rings. The van der Waals surface area contributed by atoms with Crippen molar-refractivity contribution in [2.45, 2.75) is 168 Å². The van der Waals surface area contributed by atoms with Crippen molar-refractivity contribution in [1.29, 1.82) is 0 Å². The van der Waals surface area contributed by atoms with Crippen LogP contribution in [0.2, 0.25) is 0 Å². The average molecular weight is 846 g/mol. The van der Waals surface area contributed by atoms with Crippen LogP contribution < -0.4 is 4.89 Å². The SMILES string of the molecule is CC/C=C\C/C=C\C/C=C\C/C=C\C/C=C\CCCCCC(=O)OC(COC(=O)CCCCCCC/C=C\C/C=C\CCCCCC)COP(=O)([O-])OCC[N+](C)(C)C. The van der Waals surface area contributed by atoms with Crippen molar-refractivity contribution in [2.75, 3.05) is 47.5 Å². The number of phosphoric ester groups is 1. The van der Waals surface area contributed by atoms with E-state index in [1.165, 1.54) is 32.1 Å². The summed E-state index contributed by atoms with van der Waals surface area (Å²) in [6.07, 6.45) is 51.8. The Bertz CT molecular complexity index is 1280. The number of nitrogens with zero attached hydrogens (tertiary/aromatic N) is 1. The van der Waals surface area contributed by atoms with E-state index in [9.17, 15) is 19.0 Å². The third kappa shape index (κ3) is 44.6. The molecule has 0 aromatic rings. The second-order valence-electron chi connectivity index (χ2n) is 16.0. The van der Waals surface area contributed by atoms with Gasteiger partial charge in [-0.05, 0) is 89.9 Å². The van der Waals surface area contributed by atoms with Gasteiger partial charge in [-0.15, -0.1) is 0 Å². The zero-order valence-corrected chi connectivity index (χ0v) is 38.8. The zero-order valence-electron chi connectivity index (χ0n) is 37.9. The Kier molecular flexibility index (Phi) is 38.7. The molecule has 0 spiro atoms. The van der Waals surface area contributed by atoms with Crippen molar-refractivity contribution in [3.63, 3.8) is 0 Å². The lowest BCUT2D eigenvalue weighted by atomic mass is 10.1. The zero-order chi connectivity index (χ0) is 43.6. The van der Waals surface area contributed by atoms with Gasteiger partial charge < -0.3 is 27.9 Å². The molecule has 0 amide bonds. The predicted octanol–water partition coefficient (Wildman–Crippen LogP) is 12.6. The van der Waals surface area contributed by atoms with Crippen LogP contribution >= 0.6 is 7.82 Å². The number of quaternary nitrogens is 1. The van der Waals surface area contributed by atoms with Gasteiger partial charge >= 0.3 is 11.9 Å². The lowest BCUT2D eigenvalue weighted by Gasteiger charge is -2.28. The van der Waals surface area contributed by atoms with E-state index in [-0.39, 0.29) is 26.1 Å². The number of carbonyl (C=O) groups excluding carboxylic acids is 2. The highest BCUT2D eigenvalue weighted by Gasteiger charge is 2.21. The van der Waals surface area contributed by atoms with Gasteiger partial charge in [0.1, 0.15) is 19.8 Å². The highest BCUT2D eigenvalue weighted by Crippen LogP contribution is 2.38. The summed E-state index contributed by atoms with van der Waals surface area (Å²) in [6, 6.07) is 0. The van der Waals surface area contributed by atoms with Gasteiger partial charge in [0, 0.05) is 12.8 Å². The van der Waals surface area contributed by atoms with E-state index in [2.05, 4.69) is 98.9 Å². The molecule has 0 aliphatic carbocycles. The number of carbonyl (C=O) groups is 2. The first-order chi connectivity index (χ1) is 28.5. The van der Waals surface area contributed by atoms with Gasteiger partial charge in [0.05, 0.1) is 27.7 Å². The van der Waals surface area contributed by atoms with Crippen LogP contribution in [0.4, 0.5) is 0 Å². The van der Waals surface area contributed by atoms with Crippen molar-refractivity contribution >= 4 is 19.8 Å². The average Bonchev–Trinajstić information content (AvgIpc) is 3.19. The Morgan fingerprint density at radius 3 is 1.46 bits per heavy atom. The largest absolute Gasteiger partial charge is 0.756 e. The lowest BCUT2D eigenvalue weighted by molar-refractivity contribution is -0.870. The molecule has 0 aliphatic rings. The molecule has 0 saturated carbocycles. The normalized spacial score (nSPS) is 14.3. The van der Waals surface area contributed by atoms with Crippen molar-refractivity contribution in [3.8, 4) is 0 Å². The van der Waals surface area contributed by atoms with E-state index in [1.807, 2.05) is 21.1 Å². The fraction of sp³-hybridized carbons (Fsp3) is 0.673. The maximum Gasteiger partial charge on any atom is 0.306 e. The molecule has 0 N–H and O–H groups in total. The minimum atomic E-state index is -4.64. The van der Waals surface area contributed by atoms with Crippen LogP contribution in [-0.2, 0) is 32.7 Å². The van der Waals surface area contributed by atoms with Gasteiger partial charge in [-0.2, -0.15) is 0 Å². The highest BCUT2D eigenvalue weighted by atomic mass is 31.2. The van der Waals surface area contributed by atoms with Crippen LogP contribution in [0.5, 0.6) is 0 Å². The van der Waals surface area contributed by atoms with Crippen molar-refractivity contribution in [3.05, 3.63) is 85.1 Å². The third-order valence-corrected chi connectivity index (χ3v) is 10.1. The molecule has 0 radical (unpaired) electrons. The summed E-state index contributed by atoms with van der Waals surface area (Å²) in [4.78, 5) is 37.6. The standard InChI is InChI=1S/C49H84NO8P/c1-6-8-10-12-14-16-18-20-22-24-25-26-28-30-32-34-36-38-40-42-49(52)58-47(46-57-59(53,54)56-44-43-50(3,4)5)45-55-48(51)41-39-37-35-33-31-29-27-23-21-19-17-15-13-11-9-7-2/h8,10,14,16-17,19-20,22-23,25-27,30,32,47H,6-7,9,11-13,15,18,21,24,28-29,31,33-46H2,1-5H3/b10-8-,16-14-,19-17-,22-20-,26-25-,27-23-,32-30-. The molecule has 0 rings (SSSR count). The first-order valence-corrected chi connectivity index (χ1v) is 24.3. The molecule has 59 heavy (non-hydrogen) atoms. The van der Waals surface area contributed by atoms with Gasteiger partial charge in [0.2, 0.25) is 0 Å². The Morgan fingerprint density at radius 2 is 0.966 bits per heavy atom. The van der Waals surface area contributed by atoms with Gasteiger partial charge in [0.15, 0.2) is 6.10 Å². The molecular formula is C49H84NO8P. The number of rotatable bonds is 40. The summed E-state index contributed by atoms with van der Waals surface area (Å²) in [5.41, 5.74) is 0. The van der Waals surface area contributed by atoms with Crippen molar-refractivity contribution < 1.29 is 42.1 Å². The van der Waals surface area contributed by atoms with Crippen LogP contribution in [0.25, 0.3) is 0 Å². The highest BCUT2D eigenvalue weighted by molar-refractivity contribution is 7.45. The monoisotopic (exact) mass is 846 g/mol. The number of hydrogen-bond donors (Lipinski definition) is 0. The first-order valence-electron chi connectivity index (χ1n) is 22.8. The molecule has 0 aliphatic heterocycles. The Morgan fingerprint density at radius 1 is 0.542 bits per heavy atom. The minimum absolute atomic E-state index is 0.0447. The summed E-state index contributed by atoms with van der Waals surface area (Å²) in [6.45, 7) is 4.02. The Hall–Kier alpha value is -2.81. The summed E-state index contributed by atoms with van der Waals surface area (Å²) < 4.78 is 33.9. The van der Waals surface area contributed by atoms with E-state index >= 15 is 0 Å². The first kappa shape index (κ1) is 56.2. The number of hydrogen-bond acceptors (Lipinski definition) is 8. The van der Waals surface area contributed by atoms with Gasteiger partial charge in [0.25, 0.3) is 7.82 Å². The summed E-state index contributed by atoms with van der Waals surface area (Å²) in [5, 5.41) is 0. The smallest absolute Gasteiger partial charge is 0.306 e. The Labute approximate surface area is 361 Å². The van der Waals surface area contributed by atoms with E-state index in [0.29, 0.717) is 23.9 Å². The number of allylic oxidation sites excluding steroid dienone is 14. The van der Waals surface area contributed by atoms with Crippen LogP contribution in [0, 0.1) is 0 Å². The Balaban J connectivity index is 4.45. The number of phosphoric acid groups is 1. The fourth-order valence-electron chi connectivity index (χ4n) is 5.59. The van der Waals surface area contributed by atoms with Crippen molar-refractivity contribution in [2.24, 2.45) is 0 Å². The quantitative estimate of drug-likeness (QED) is 0.0197. The second-order valence-corrected chi connectivity index (χ2v) is 17.4. The summed E-state index contributed by atoms with van der Waals surface area (Å²) >= 11 is 0. The molecule has 0 bridgehead atoms. The number of likely N-dealkylation sites (N-methyl/N-ethyl adjacent to an activating group) is 1. The molecule has 0 heterocycles. The molecule has 10 heteroatoms. The summed E-state index contributed by atoms with van der Waals surface area (Å²) in [5.74, 6) is -0.896. The van der Waals surface area contributed by atoms with E-state index in [0.717, 1.165) is 89.9 Å². The van der Waals surface area contributed by atoms with Gasteiger partial charge in [-0.1, -0.05) is 144 Å². The molecule has 338 valence electrons. The van der Waals surface area contributed by atoms with Crippen LogP contribution in [0.15, 0.2) is 85.1 Å².